The van der Waals surface area contributed by atoms with E-state index in [1.54, 1.807) is 6.08 Å². The fraction of sp³-hybridized carbons (Fsp3) is 0.857. The van der Waals surface area contributed by atoms with Gasteiger partial charge in [-0.3, -0.25) is 4.79 Å². The Labute approximate surface area is 223 Å². The number of unbranched alkanes of at least 4 members (excludes halogenated alkanes) is 12. The van der Waals surface area contributed by atoms with Crippen LogP contribution in [0.15, 0.2) is 12.2 Å². The summed E-state index contributed by atoms with van der Waals surface area (Å²) in [5, 5.41) is 29.1. The third-order valence-corrected chi connectivity index (χ3v) is 8.85. The Balaban J connectivity index is 1.46. The molecule has 0 bridgehead atoms. The third kappa shape index (κ3) is 12.3. The monoisotopic (exact) mass is 525 g/mol. The van der Waals surface area contributed by atoms with Gasteiger partial charge in [0.2, 0.25) is 5.91 Å². The molecule has 36 heavy (non-hydrogen) atoms. The second-order valence-electron chi connectivity index (χ2n) is 10.5. The van der Waals surface area contributed by atoms with Crippen molar-refractivity contribution in [1.29, 1.82) is 0 Å². The van der Waals surface area contributed by atoms with E-state index < -0.39 is 12.1 Å². The topological polar surface area (TPSA) is 111 Å². The van der Waals surface area contributed by atoms with Crippen molar-refractivity contribution in [2.24, 2.45) is 0 Å². The molecule has 0 aliphatic carbocycles. The van der Waals surface area contributed by atoms with Crippen LogP contribution in [-0.4, -0.2) is 64.0 Å². The van der Waals surface area contributed by atoms with Gasteiger partial charge in [-0.2, -0.15) is 11.8 Å². The highest BCUT2D eigenvalue weighted by atomic mass is 32.2. The molecule has 2 heterocycles. The van der Waals surface area contributed by atoms with Crippen LogP contribution in [-0.2, 0) is 4.79 Å². The van der Waals surface area contributed by atoms with E-state index in [0.717, 1.165) is 37.9 Å². The summed E-state index contributed by atoms with van der Waals surface area (Å²) in [6.07, 6.45) is 21.2. The van der Waals surface area contributed by atoms with Crippen LogP contribution >= 0.6 is 11.8 Å². The minimum Gasteiger partial charge on any atom is -0.394 e. The normalized spacial score (nSPS) is 22.9. The summed E-state index contributed by atoms with van der Waals surface area (Å²) in [5.74, 6) is 0.803. The number of nitrogens with one attached hydrogen (secondary N) is 3. The maximum Gasteiger partial charge on any atom is 0.315 e. The summed E-state index contributed by atoms with van der Waals surface area (Å²) >= 11 is 1.88. The van der Waals surface area contributed by atoms with Gasteiger partial charge in [0.1, 0.15) is 0 Å². The van der Waals surface area contributed by atoms with E-state index in [1.807, 2.05) is 17.8 Å². The van der Waals surface area contributed by atoms with Crippen LogP contribution < -0.4 is 16.0 Å². The van der Waals surface area contributed by atoms with Gasteiger partial charge >= 0.3 is 6.03 Å². The smallest absolute Gasteiger partial charge is 0.315 e. The zero-order valence-corrected chi connectivity index (χ0v) is 23.2. The molecule has 208 valence electrons. The molecule has 5 atom stereocenters. The summed E-state index contributed by atoms with van der Waals surface area (Å²) in [7, 11) is 0. The molecule has 7 nitrogen and oxygen atoms in total. The number of carbonyl (C=O) groups is 2. The average molecular weight is 526 g/mol. The largest absolute Gasteiger partial charge is 0.394 e. The second kappa shape index (κ2) is 18.9. The van der Waals surface area contributed by atoms with Crippen molar-refractivity contribution in [3.05, 3.63) is 12.2 Å². The molecule has 8 heteroatoms. The van der Waals surface area contributed by atoms with E-state index in [9.17, 15) is 19.8 Å². The van der Waals surface area contributed by atoms with Gasteiger partial charge in [0.25, 0.3) is 0 Å². The van der Waals surface area contributed by atoms with Crippen LogP contribution in [0.3, 0.4) is 0 Å². The Morgan fingerprint density at radius 2 is 1.69 bits per heavy atom. The van der Waals surface area contributed by atoms with Crippen LogP contribution in [0.5, 0.6) is 0 Å². The van der Waals surface area contributed by atoms with Gasteiger partial charge in [0.05, 0.1) is 30.8 Å². The van der Waals surface area contributed by atoms with Crippen LogP contribution in [0.2, 0.25) is 0 Å². The van der Waals surface area contributed by atoms with Gasteiger partial charge in [0, 0.05) is 17.4 Å². The molecular weight excluding hydrogens is 474 g/mol. The van der Waals surface area contributed by atoms with Crippen molar-refractivity contribution in [3.63, 3.8) is 0 Å². The maximum absolute atomic E-state index is 12.3. The zero-order chi connectivity index (χ0) is 26.0. The molecule has 3 amide bonds. The van der Waals surface area contributed by atoms with E-state index in [1.165, 1.54) is 64.2 Å². The number of aliphatic hydroxyl groups excluding tert-OH is 2. The molecule has 0 spiro atoms. The molecule has 2 saturated heterocycles. The number of fused-ring (bicyclic) bond motifs is 1. The van der Waals surface area contributed by atoms with E-state index in [2.05, 4.69) is 22.9 Å². The number of rotatable bonds is 21. The number of carbonyl (C=O) groups excluding carboxylic acids is 2. The lowest BCUT2D eigenvalue weighted by atomic mass is 10.0. The summed E-state index contributed by atoms with van der Waals surface area (Å²) in [6.45, 7) is 1.97. The summed E-state index contributed by atoms with van der Waals surface area (Å²) < 4.78 is 0. The van der Waals surface area contributed by atoms with Crippen molar-refractivity contribution in [3.8, 4) is 0 Å². The predicted molar refractivity (Wildman–Crippen MR) is 149 cm³/mol. The van der Waals surface area contributed by atoms with Crippen LogP contribution in [0.25, 0.3) is 0 Å². The van der Waals surface area contributed by atoms with E-state index in [0.29, 0.717) is 11.7 Å². The molecule has 0 aromatic heterocycles. The SMILES string of the molecule is CCCCCCCCCCCCC/C=C/[C@@H](O)[C@@H](CO)NC(=O)CCCC[C@@H]1SC[C@@H]2NC(=O)N[C@@H]21. The van der Waals surface area contributed by atoms with E-state index in [4.69, 9.17) is 0 Å². The lowest BCUT2D eigenvalue weighted by Gasteiger charge is -2.20. The fourth-order valence-corrected chi connectivity index (χ4v) is 6.63. The fourth-order valence-electron chi connectivity index (χ4n) is 5.09. The first-order chi connectivity index (χ1) is 17.5. The molecule has 2 fully saturated rings. The van der Waals surface area contributed by atoms with Crippen molar-refractivity contribution in [2.75, 3.05) is 12.4 Å². The van der Waals surface area contributed by atoms with Crippen LogP contribution in [0, 0.1) is 0 Å². The highest BCUT2D eigenvalue weighted by Crippen LogP contribution is 2.33. The first-order valence-electron chi connectivity index (χ1n) is 14.5. The molecule has 2 rings (SSSR count). The first kappa shape index (κ1) is 31.0. The molecule has 5 N–H and O–H groups in total. The highest BCUT2D eigenvalue weighted by molar-refractivity contribution is 8.00. The molecule has 0 saturated carbocycles. The molecule has 0 unspecified atom stereocenters. The number of aliphatic hydroxyl groups is 2. The Morgan fingerprint density at radius 1 is 1.03 bits per heavy atom. The van der Waals surface area contributed by atoms with Crippen molar-refractivity contribution in [1.82, 2.24) is 16.0 Å². The molecule has 0 aromatic carbocycles. The van der Waals surface area contributed by atoms with Crippen molar-refractivity contribution in [2.45, 2.75) is 139 Å². The number of hydrogen-bond acceptors (Lipinski definition) is 5. The van der Waals surface area contributed by atoms with Gasteiger partial charge in [-0.1, -0.05) is 89.7 Å². The quantitative estimate of drug-likeness (QED) is 0.0839. The Kier molecular flexibility index (Phi) is 16.3. The van der Waals surface area contributed by atoms with Gasteiger partial charge in [0.15, 0.2) is 0 Å². The van der Waals surface area contributed by atoms with E-state index in [-0.39, 0.29) is 30.6 Å². The number of amides is 3. The first-order valence-corrected chi connectivity index (χ1v) is 15.5. The number of thioether (sulfide) groups is 1. The molecular formula is C28H51N3O4S. The summed E-state index contributed by atoms with van der Waals surface area (Å²) in [4.78, 5) is 23.8. The lowest BCUT2D eigenvalue weighted by molar-refractivity contribution is -0.123. The summed E-state index contributed by atoms with van der Waals surface area (Å²) in [6, 6.07) is -0.319. The third-order valence-electron chi connectivity index (χ3n) is 7.34. The molecule has 0 radical (unpaired) electrons. The van der Waals surface area contributed by atoms with Crippen molar-refractivity contribution < 1.29 is 19.8 Å². The standard InChI is InChI=1S/C28H51N3O4S/c1-2-3-4-5-6-7-8-9-10-11-12-13-14-17-24(33)22(20-32)29-26(34)19-16-15-18-25-27-23(21-36-25)30-28(35)31-27/h14,17,22-25,27,32-33H,2-13,15-16,18-21H2,1H3,(H,29,34)(H2,30,31,35)/b17-14+/t22-,23+,24-,25+,27+/m1/s1. The Hall–Kier alpha value is -1.25. The summed E-state index contributed by atoms with van der Waals surface area (Å²) in [5.41, 5.74) is 0. The molecule has 2 aliphatic rings. The lowest BCUT2D eigenvalue weighted by Crippen LogP contribution is -2.45. The van der Waals surface area contributed by atoms with Crippen molar-refractivity contribution >= 4 is 23.7 Å². The number of urea groups is 1. The zero-order valence-electron chi connectivity index (χ0n) is 22.4. The number of allylic oxidation sites excluding steroid dienone is 1. The molecule has 0 aromatic rings. The maximum atomic E-state index is 12.3. The van der Waals surface area contributed by atoms with Crippen LogP contribution in [0.4, 0.5) is 4.79 Å². The molecule has 2 aliphatic heterocycles. The minimum absolute atomic E-state index is 0.0730. The Morgan fingerprint density at radius 3 is 2.36 bits per heavy atom. The van der Waals surface area contributed by atoms with Gasteiger partial charge in [-0.15, -0.1) is 0 Å². The van der Waals surface area contributed by atoms with Gasteiger partial charge in [-0.25, -0.2) is 4.79 Å². The van der Waals surface area contributed by atoms with Gasteiger partial charge in [-0.05, 0) is 25.7 Å². The highest BCUT2D eigenvalue weighted by Gasteiger charge is 2.42. The Bertz CT molecular complexity index is 648. The average Bonchev–Trinajstić information content (AvgIpc) is 3.42. The minimum atomic E-state index is -0.878. The van der Waals surface area contributed by atoms with E-state index >= 15 is 0 Å². The number of hydrogen-bond donors (Lipinski definition) is 5. The van der Waals surface area contributed by atoms with Crippen LogP contribution in [0.1, 0.15) is 110 Å². The predicted octanol–water partition coefficient (Wildman–Crippen LogP) is 4.81. The second-order valence-corrected chi connectivity index (χ2v) is 11.7. The van der Waals surface area contributed by atoms with Gasteiger partial charge < -0.3 is 26.2 Å².